The van der Waals surface area contributed by atoms with Gasteiger partial charge in [0, 0.05) is 0 Å². The second kappa shape index (κ2) is 7.46. The second-order valence-electron chi connectivity index (χ2n) is 7.79. The van der Waals surface area contributed by atoms with Crippen molar-refractivity contribution in [3.05, 3.63) is 70.1 Å². The summed E-state index contributed by atoms with van der Waals surface area (Å²) in [5, 5.41) is 8.17. The zero-order valence-corrected chi connectivity index (χ0v) is 17.3. The van der Waals surface area contributed by atoms with Gasteiger partial charge < -0.3 is 14.8 Å². The van der Waals surface area contributed by atoms with Crippen molar-refractivity contribution >= 4 is 22.5 Å². The number of carbonyl (C=O) groups excluding carboxylic acids is 1. The summed E-state index contributed by atoms with van der Waals surface area (Å²) in [5.74, 6) is 1.03. The van der Waals surface area contributed by atoms with Gasteiger partial charge >= 0.3 is 5.69 Å². The summed E-state index contributed by atoms with van der Waals surface area (Å²) in [6.45, 7) is 4.37. The number of aryl methyl sites for hydroxylation is 2. The molecular formula is C23H22N4O4. The summed E-state index contributed by atoms with van der Waals surface area (Å²) < 4.78 is 14.3. The Morgan fingerprint density at radius 3 is 2.81 bits per heavy atom. The van der Waals surface area contributed by atoms with Crippen LogP contribution in [0.5, 0.6) is 11.5 Å². The van der Waals surface area contributed by atoms with Crippen LogP contribution in [0.25, 0.3) is 16.6 Å². The molecule has 31 heavy (non-hydrogen) atoms. The third-order valence-electron chi connectivity index (χ3n) is 5.38. The van der Waals surface area contributed by atoms with E-state index in [1.54, 1.807) is 4.40 Å². The van der Waals surface area contributed by atoms with Gasteiger partial charge in [-0.05, 0) is 55.1 Å². The first-order valence-electron chi connectivity index (χ1n) is 10.1. The molecule has 8 heteroatoms. The molecule has 2 aromatic carbocycles. The number of nitrogens with one attached hydrogen (secondary N) is 1. The molecule has 0 radical (unpaired) electrons. The van der Waals surface area contributed by atoms with Gasteiger partial charge in [0.05, 0.1) is 12.1 Å². The number of ether oxygens (including phenoxy) is 2. The zero-order chi connectivity index (χ0) is 21.5. The van der Waals surface area contributed by atoms with Crippen LogP contribution in [0.4, 0.5) is 0 Å². The second-order valence-corrected chi connectivity index (χ2v) is 7.79. The van der Waals surface area contributed by atoms with E-state index in [-0.39, 0.29) is 30.8 Å². The molecule has 5 rings (SSSR count). The fraction of sp³-hybridized carbons (Fsp3) is 0.261. The molecule has 0 aliphatic carbocycles. The van der Waals surface area contributed by atoms with Gasteiger partial charge in [0.15, 0.2) is 17.1 Å². The first kappa shape index (κ1) is 19.2. The lowest BCUT2D eigenvalue weighted by Gasteiger charge is -2.26. The van der Waals surface area contributed by atoms with Gasteiger partial charge in [-0.2, -0.15) is 0 Å². The Hall–Kier alpha value is -3.81. The minimum atomic E-state index is -0.339. The molecule has 158 valence electrons. The molecule has 3 heterocycles. The molecule has 0 spiro atoms. The highest BCUT2D eigenvalue weighted by atomic mass is 16.6. The van der Waals surface area contributed by atoms with Crippen LogP contribution in [-0.2, 0) is 11.3 Å². The van der Waals surface area contributed by atoms with Crippen molar-refractivity contribution in [1.82, 2.24) is 19.5 Å². The number of aromatic nitrogens is 3. The maximum Gasteiger partial charge on any atom is 0.351 e. The number of hydrogen-bond donors (Lipinski definition) is 1. The minimum absolute atomic E-state index is 0.169. The van der Waals surface area contributed by atoms with Gasteiger partial charge in [0.1, 0.15) is 19.3 Å². The number of pyridine rings is 1. The number of nitrogens with zero attached hydrogens (tertiary/aromatic N) is 3. The molecule has 1 aliphatic rings. The van der Waals surface area contributed by atoms with E-state index in [4.69, 9.17) is 9.47 Å². The summed E-state index contributed by atoms with van der Waals surface area (Å²) >= 11 is 0. The molecule has 1 N–H and O–H groups in total. The number of hydrogen-bond acceptors (Lipinski definition) is 5. The fourth-order valence-electron chi connectivity index (χ4n) is 3.86. The summed E-state index contributed by atoms with van der Waals surface area (Å²) in [6.07, 6.45) is -0.300. The molecule has 0 saturated heterocycles. The smallest absolute Gasteiger partial charge is 0.351 e. The van der Waals surface area contributed by atoms with Crippen LogP contribution in [0, 0.1) is 13.8 Å². The van der Waals surface area contributed by atoms with Crippen molar-refractivity contribution in [2.75, 3.05) is 13.2 Å². The average molecular weight is 418 g/mol. The van der Waals surface area contributed by atoms with Crippen LogP contribution in [-0.4, -0.2) is 39.3 Å². The Labute approximate surface area is 178 Å². The highest BCUT2D eigenvalue weighted by Gasteiger charge is 2.21. The van der Waals surface area contributed by atoms with Crippen LogP contribution < -0.4 is 20.5 Å². The molecule has 0 unspecified atom stereocenters. The lowest BCUT2D eigenvalue weighted by Crippen LogP contribution is -2.42. The Balaban J connectivity index is 1.33. The Morgan fingerprint density at radius 1 is 1.16 bits per heavy atom. The number of benzene rings is 2. The molecule has 0 bridgehead atoms. The topological polar surface area (TPSA) is 86.9 Å². The molecular weight excluding hydrogens is 396 g/mol. The van der Waals surface area contributed by atoms with Gasteiger partial charge in [0.25, 0.3) is 0 Å². The Morgan fingerprint density at radius 2 is 1.97 bits per heavy atom. The van der Waals surface area contributed by atoms with Crippen molar-refractivity contribution in [2.24, 2.45) is 0 Å². The van der Waals surface area contributed by atoms with Crippen molar-refractivity contribution in [1.29, 1.82) is 0 Å². The van der Waals surface area contributed by atoms with Crippen LogP contribution in [0.15, 0.2) is 53.3 Å². The normalized spacial score (nSPS) is 15.4. The molecule has 0 fully saturated rings. The Bertz CT molecular complexity index is 1370. The molecule has 2 aromatic heterocycles. The first-order chi connectivity index (χ1) is 15.0. The lowest BCUT2D eigenvalue weighted by atomic mass is 10.1. The largest absolute Gasteiger partial charge is 0.486 e. The van der Waals surface area contributed by atoms with Gasteiger partial charge in [-0.25, -0.2) is 13.9 Å². The lowest BCUT2D eigenvalue weighted by molar-refractivity contribution is -0.122. The number of para-hydroxylation sites is 2. The number of carbonyl (C=O) groups is 1. The van der Waals surface area contributed by atoms with Crippen LogP contribution in [0.1, 0.15) is 11.1 Å². The molecule has 1 amide bonds. The Kier molecular flexibility index (Phi) is 4.62. The van der Waals surface area contributed by atoms with E-state index in [0.29, 0.717) is 23.8 Å². The van der Waals surface area contributed by atoms with E-state index in [9.17, 15) is 9.59 Å². The quantitative estimate of drug-likeness (QED) is 0.549. The van der Waals surface area contributed by atoms with Crippen molar-refractivity contribution in [3.63, 3.8) is 0 Å². The van der Waals surface area contributed by atoms with Crippen molar-refractivity contribution in [3.8, 4) is 11.5 Å². The van der Waals surface area contributed by atoms with Gasteiger partial charge in [-0.1, -0.05) is 23.8 Å². The molecule has 4 aromatic rings. The zero-order valence-electron chi connectivity index (χ0n) is 17.3. The SMILES string of the molecule is Cc1ccc2c(c1)cc(C)c1nn(CC(=O)NC[C@@H]3COc4ccccc4O3)c(=O)n12. The molecule has 8 nitrogen and oxygen atoms in total. The summed E-state index contributed by atoms with van der Waals surface area (Å²) in [7, 11) is 0. The summed E-state index contributed by atoms with van der Waals surface area (Å²) in [4.78, 5) is 25.5. The van der Waals surface area contributed by atoms with Gasteiger partial charge in [-0.15, -0.1) is 5.10 Å². The average Bonchev–Trinajstić information content (AvgIpc) is 3.09. The molecule has 0 saturated carbocycles. The van der Waals surface area contributed by atoms with Crippen LogP contribution in [0.2, 0.25) is 0 Å². The molecule has 1 aliphatic heterocycles. The maximum absolute atomic E-state index is 13.0. The predicted octanol–water partition coefficient (Wildman–Crippen LogP) is 2.22. The fourth-order valence-corrected chi connectivity index (χ4v) is 3.86. The molecule has 1 atom stereocenters. The van der Waals surface area contributed by atoms with Crippen LogP contribution >= 0.6 is 0 Å². The summed E-state index contributed by atoms with van der Waals surface area (Å²) in [6, 6.07) is 15.3. The highest BCUT2D eigenvalue weighted by Crippen LogP contribution is 2.30. The van der Waals surface area contributed by atoms with E-state index < -0.39 is 0 Å². The van der Waals surface area contributed by atoms with Crippen LogP contribution in [0.3, 0.4) is 0 Å². The number of amides is 1. The van der Waals surface area contributed by atoms with Crippen molar-refractivity contribution in [2.45, 2.75) is 26.5 Å². The monoisotopic (exact) mass is 418 g/mol. The first-order valence-corrected chi connectivity index (χ1v) is 10.1. The number of fused-ring (bicyclic) bond motifs is 4. The third-order valence-corrected chi connectivity index (χ3v) is 5.38. The van der Waals surface area contributed by atoms with Gasteiger partial charge in [0.2, 0.25) is 5.91 Å². The van der Waals surface area contributed by atoms with Gasteiger partial charge in [-0.3, -0.25) is 4.79 Å². The van der Waals surface area contributed by atoms with E-state index in [0.717, 1.165) is 22.0 Å². The van der Waals surface area contributed by atoms with E-state index >= 15 is 0 Å². The highest BCUT2D eigenvalue weighted by molar-refractivity contribution is 5.84. The predicted molar refractivity (Wildman–Crippen MR) is 116 cm³/mol. The number of rotatable bonds is 4. The van der Waals surface area contributed by atoms with E-state index in [2.05, 4.69) is 10.4 Å². The third kappa shape index (κ3) is 3.50. The van der Waals surface area contributed by atoms with E-state index in [1.807, 2.05) is 62.4 Å². The summed E-state index contributed by atoms with van der Waals surface area (Å²) in [5.41, 5.74) is 2.97. The standard InChI is InChI=1S/C23H22N4O4/c1-14-7-8-18-16(9-14)10-15(2)22-25-26(23(29)27(18)22)12-21(28)24-11-17-13-30-19-5-3-4-6-20(19)31-17/h3-10,17H,11-13H2,1-2H3,(H,24,28)/t17-/m1/s1. The maximum atomic E-state index is 13.0. The van der Waals surface area contributed by atoms with E-state index in [1.165, 1.54) is 4.68 Å². The van der Waals surface area contributed by atoms with Crippen molar-refractivity contribution < 1.29 is 14.3 Å². The minimum Gasteiger partial charge on any atom is -0.486 e.